The van der Waals surface area contributed by atoms with Crippen LogP contribution in [0.3, 0.4) is 0 Å². The Morgan fingerprint density at radius 2 is 1.86 bits per heavy atom. The molecule has 0 aromatic heterocycles. The summed E-state index contributed by atoms with van der Waals surface area (Å²) in [5.74, 6) is -0.333. The fraction of sp³-hybridized carbons (Fsp3) is 0.391. The van der Waals surface area contributed by atoms with Gasteiger partial charge in [-0.2, -0.15) is 0 Å². The number of hydrogen-bond acceptors (Lipinski definition) is 4. The van der Waals surface area contributed by atoms with Gasteiger partial charge in [0.2, 0.25) is 0 Å². The molecule has 6 heteroatoms. The summed E-state index contributed by atoms with van der Waals surface area (Å²) in [7, 11) is 0. The van der Waals surface area contributed by atoms with Crippen LogP contribution in [0.2, 0.25) is 0 Å². The Labute approximate surface area is 178 Å². The summed E-state index contributed by atoms with van der Waals surface area (Å²) in [6.07, 6.45) is 2.55. The molecule has 1 aliphatic rings. The van der Waals surface area contributed by atoms with Crippen LogP contribution >= 0.6 is 12.2 Å². The van der Waals surface area contributed by atoms with Crippen LogP contribution in [0.25, 0.3) is 0 Å². The van der Waals surface area contributed by atoms with Crippen LogP contribution in [0, 0.1) is 6.92 Å². The molecule has 29 heavy (non-hydrogen) atoms. The van der Waals surface area contributed by atoms with Gasteiger partial charge < -0.3 is 20.3 Å². The SMILES string of the molecule is CCOC(=O)c1ccc(C)c(NC(=S)N[C@@H](C)c2ccc(N3CCCC3)cc2)c1. The molecule has 2 aromatic rings. The van der Waals surface area contributed by atoms with Crippen LogP contribution in [-0.4, -0.2) is 30.8 Å². The highest BCUT2D eigenvalue weighted by atomic mass is 32.1. The summed E-state index contributed by atoms with van der Waals surface area (Å²) < 4.78 is 5.08. The van der Waals surface area contributed by atoms with Crippen molar-refractivity contribution in [2.75, 3.05) is 29.9 Å². The lowest BCUT2D eigenvalue weighted by Gasteiger charge is -2.21. The lowest BCUT2D eigenvalue weighted by atomic mass is 10.1. The molecule has 0 amide bonds. The zero-order valence-electron chi connectivity index (χ0n) is 17.3. The number of carbonyl (C=O) groups is 1. The Balaban J connectivity index is 1.61. The Bertz CT molecular complexity index is 861. The minimum Gasteiger partial charge on any atom is -0.462 e. The number of nitrogens with one attached hydrogen (secondary N) is 2. The average molecular weight is 412 g/mol. The van der Waals surface area contributed by atoms with E-state index >= 15 is 0 Å². The van der Waals surface area contributed by atoms with E-state index in [2.05, 4.69) is 46.7 Å². The topological polar surface area (TPSA) is 53.6 Å². The van der Waals surface area contributed by atoms with E-state index in [1.807, 2.05) is 13.0 Å². The monoisotopic (exact) mass is 411 g/mol. The highest BCUT2D eigenvalue weighted by Crippen LogP contribution is 2.23. The first-order valence-electron chi connectivity index (χ1n) is 10.2. The van der Waals surface area contributed by atoms with Gasteiger partial charge in [-0.15, -0.1) is 0 Å². The Morgan fingerprint density at radius 1 is 1.17 bits per heavy atom. The third-order valence-corrected chi connectivity index (χ3v) is 5.43. The molecule has 0 unspecified atom stereocenters. The van der Waals surface area contributed by atoms with E-state index in [0.717, 1.165) is 24.3 Å². The third kappa shape index (κ3) is 5.48. The molecule has 1 atom stereocenters. The molecule has 5 nitrogen and oxygen atoms in total. The minimum atomic E-state index is -0.333. The predicted molar refractivity (Wildman–Crippen MR) is 123 cm³/mol. The van der Waals surface area contributed by atoms with Crippen LogP contribution in [0.15, 0.2) is 42.5 Å². The number of nitrogens with zero attached hydrogens (tertiary/aromatic N) is 1. The Kier molecular flexibility index (Phi) is 7.09. The number of rotatable bonds is 6. The van der Waals surface area contributed by atoms with E-state index in [-0.39, 0.29) is 12.0 Å². The first-order chi connectivity index (χ1) is 14.0. The van der Waals surface area contributed by atoms with Crippen LogP contribution in [-0.2, 0) is 4.74 Å². The molecule has 3 rings (SSSR count). The first-order valence-corrected chi connectivity index (χ1v) is 10.6. The van der Waals surface area contributed by atoms with Gasteiger partial charge in [-0.1, -0.05) is 18.2 Å². The average Bonchev–Trinajstić information content (AvgIpc) is 3.24. The van der Waals surface area contributed by atoms with Crippen LogP contribution < -0.4 is 15.5 Å². The van der Waals surface area contributed by atoms with Gasteiger partial charge in [0.1, 0.15) is 0 Å². The second-order valence-corrected chi connectivity index (χ2v) is 7.76. The largest absolute Gasteiger partial charge is 0.462 e. The number of aryl methyl sites for hydroxylation is 1. The van der Waals surface area contributed by atoms with E-state index in [4.69, 9.17) is 17.0 Å². The molecule has 0 saturated carbocycles. The minimum absolute atomic E-state index is 0.0659. The molecule has 0 radical (unpaired) electrons. The number of anilines is 2. The quantitative estimate of drug-likeness (QED) is 0.525. The number of ether oxygens (including phenoxy) is 1. The standard InChI is InChI=1S/C23H29N3O2S/c1-4-28-22(27)19-8-7-16(2)21(15-19)25-23(29)24-17(3)18-9-11-20(12-10-18)26-13-5-6-14-26/h7-12,15,17H,4-6,13-14H2,1-3H3,(H2,24,25,29)/t17-/m0/s1. The Morgan fingerprint density at radius 3 is 2.52 bits per heavy atom. The van der Waals surface area contributed by atoms with E-state index < -0.39 is 0 Å². The van der Waals surface area contributed by atoms with E-state index in [1.165, 1.54) is 24.1 Å². The Hall–Kier alpha value is -2.60. The summed E-state index contributed by atoms with van der Waals surface area (Å²) in [6, 6.07) is 14.2. The van der Waals surface area contributed by atoms with Crippen molar-refractivity contribution in [2.24, 2.45) is 0 Å². The van der Waals surface area contributed by atoms with Crippen molar-refractivity contribution in [3.8, 4) is 0 Å². The van der Waals surface area contributed by atoms with Crippen molar-refractivity contribution in [2.45, 2.75) is 39.7 Å². The van der Waals surface area contributed by atoms with E-state index in [0.29, 0.717) is 17.3 Å². The van der Waals surface area contributed by atoms with Gasteiger partial charge in [0, 0.05) is 24.5 Å². The summed E-state index contributed by atoms with van der Waals surface area (Å²) in [6.45, 7) is 8.49. The second kappa shape index (κ2) is 9.74. The summed E-state index contributed by atoms with van der Waals surface area (Å²) >= 11 is 5.50. The number of carbonyl (C=O) groups excluding carboxylic acids is 1. The molecule has 1 saturated heterocycles. The molecule has 1 heterocycles. The molecule has 1 fully saturated rings. The molecule has 0 spiro atoms. The van der Waals surface area contributed by atoms with Crippen molar-refractivity contribution in [3.05, 3.63) is 59.2 Å². The van der Waals surface area contributed by atoms with Crippen molar-refractivity contribution >= 4 is 34.7 Å². The molecule has 1 aliphatic heterocycles. The number of hydrogen-bond donors (Lipinski definition) is 2. The smallest absolute Gasteiger partial charge is 0.338 e. The lowest BCUT2D eigenvalue weighted by molar-refractivity contribution is 0.0526. The second-order valence-electron chi connectivity index (χ2n) is 7.36. The predicted octanol–water partition coefficient (Wildman–Crippen LogP) is 4.82. The van der Waals surface area contributed by atoms with E-state index in [9.17, 15) is 4.79 Å². The zero-order valence-corrected chi connectivity index (χ0v) is 18.1. The highest BCUT2D eigenvalue weighted by molar-refractivity contribution is 7.80. The van der Waals surface area contributed by atoms with Gasteiger partial charge in [-0.05, 0) is 81.2 Å². The number of benzene rings is 2. The summed E-state index contributed by atoms with van der Waals surface area (Å²) in [5.41, 5.74) is 4.77. The van der Waals surface area contributed by atoms with Gasteiger partial charge in [-0.25, -0.2) is 4.79 Å². The lowest BCUT2D eigenvalue weighted by Crippen LogP contribution is -2.31. The van der Waals surface area contributed by atoms with E-state index in [1.54, 1.807) is 19.1 Å². The zero-order chi connectivity index (χ0) is 20.8. The maximum absolute atomic E-state index is 12.0. The van der Waals surface area contributed by atoms with Gasteiger partial charge >= 0.3 is 5.97 Å². The van der Waals surface area contributed by atoms with Gasteiger partial charge in [-0.3, -0.25) is 0 Å². The van der Waals surface area contributed by atoms with Crippen molar-refractivity contribution < 1.29 is 9.53 Å². The van der Waals surface area contributed by atoms with Crippen molar-refractivity contribution in [3.63, 3.8) is 0 Å². The molecule has 2 N–H and O–H groups in total. The fourth-order valence-electron chi connectivity index (χ4n) is 3.49. The van der Waals surface area contributed by atoms with Gasteiger partial charge in [0.05, 0.1) is 18.2 Å². The molecule has 0 aliphatic carbocycles. The molecule has 2 aromatic carbocycles. The summed E-state index contributed by atoms with van der Waals surface area (Å²) in [4.78, 5) is 14.4. The van der Waals surface area contributed by atoms with Crippen LogP contribution in [0.1, 0.15) is 54.2 Å². The maximum Gasteiger partial charge on any atom is 0.338 e. The number of esters is 1. The molecular formula is C23H29N3O2S. The van der Waals surface area contributed by atoms with Gasteiger partial charge in [0.25, 0.3) is 0 Å². The summed E-state index contributed by atoms with van der Waals surface area (Å²) in [5, 5.41) is 7.05. The van der Waals surface area contributed by atoms with Gasteiger partial charge in [0.15, 0.2) is 5.11 Å². The van der Waals surface area contributed by atoms with Crippen molar-refractivity contribution in [1.29, 1.82) is 0 Å². The molecule has 0 bridgehead atoms. The normalized spacial score (nSPS) is 14.4. The fourth-order valence-corrected chi connectivity index (χ4v) is 3.77. The molecular weight excluding hydrogens is 382 g/mol. The number of thiocarbonyl (C=S) groups is 1. The van der Waals surface area contributed by atoms with Crippen molar-refractivity contribution in [1.82, 2.24) is 5.32 Å². The third-order valence-electron chi connectivity index (χ3n) is 5.21. The first kappa shape index (κ1) is 21.1. The molecule has 154 valence electrons. The maximum atomic E-state index is 12.0. The van der Waals surface area contributed by atoms with Crippen LogP contribution in [0.4, 0.5) is 11.4 Å². The highest BCUT2D eigenvalue weighted by Gasteiger charge is 2.14. The van der Waals surface area contributed by atoms with Crippen LogP contribution in [0.5, 0.6) is 0 Å².